The van der Waals surface area contributed by atoms with Crippen LogP contribution in [0, 0.1) is 6.42 Å². The van der Waals surface area contributed by atoms with Crippen molar-refractivity contribution in [3.05, 3.63) is 6.42 Å². The van der Waals surface area contributed by atoms with Gasteiger partial charge in [0.2, 0.25) is 0 Å². The van der Waals surface area contributed by atoms with Crippen molar-refractivity contribution in [1.82, 2.24) is 4.90 Å². The van der Waals surface area contributed by atoms with E-state index in [0.717, 1.165) is 13.2 Å². The Morgan fingerprint density at radius 3 is 2.92 bits per heavy atom. The Kier molecular flexibility index (Phi) is 3.01. The predicted molar refractivity (Wildman–Crippen MR) is 48.7 cm³/mol. The molecule has 2 heteroatoms. The summed E-state index contributed by atoms with van der Waals surface area (Å²) >= 11 is 0. The minimum absolute atomic E-state index is 0.440. The summed E-state index contributed by atoms with van der Waals surface area (Å²) in [6, 6.07) is 0. The van der Waals surface area contributed by atoms with E-state index in [1.54, 1.807) is 0 Å². The average Bonchev–Trinajstić information content (AvgIpc) is 2.21. The van der Waals surface area contributed by atoms with Crippen LogP contribution in [0.15, 0.2) is 0 Å². The molecule has 2 nitrogen and oxygen atoms in total. The van der Waals surface area contributed by atoms with Crippen LogP contribution < -0.4 is 0 Å². The first-order valence-electron chi connectivity index (χ1n) is 5.14. The zero-order chi connectivity index (χ0) is 8.23. The molecule has 1 atom stereocenters. The zero-order valence-corrected chi connectivity index (χ0v) is 7.67. The zero-order valence-electron chi connectivity index (χ0n) is 7.67. The molecule has 0 aromatic carbocycles. The van der Waals surface area contributed by atoms with Gasteiger partial charge in [-0.15, -0.1) is 0 Å². The predicted octanol–water partition coefficient (Wildman–Crippen LogP) is 1.81. The molecule has 2 saturated heterocycles. The number of likely N-dealkylation sites (tertiary alicyclic amines) is 1. The smallest absolute Gasteiger partial charge is 0.110 e. The van der Waals surface area contributed by atoms with Gasteiger partial charge >= 0.3 is 0 Å². The molecule has 2 heterocycles. The lowest BCUT2D eigenvalue weighted by Gasteiger charge is -2.36. The number of hydrogen-bond donors (Lipinski definition) is 0. The van der Waals surface area contributed by atoms with Gasteiger partial charge in [0.05, 0.1) is 0 Å². The van der Waals surface area contributed by atoms with Crippen molar-refractivity contribution in [1.29, 1.82) is 0 Å². The van der Waals surface area contributed by atoms with Gasteiger partial charge in [-0.3, -0.25) is 4.90 Å². The van der Waals surface area contributed by atoms with Crippen LogP contribution in [0.3, 0.4) is 0 Å². The summed E-state index contributed by atoms with van der Waals surface area (Å²) < 4.78 is 5.72. The SMILES string of the molecule is [CH]1CCCN(C2CCCCO2)C1. The molecule has 1 unspecified atom stereocenters. The molecule has 2 aliphatic heterocycles. The molecule has 0 spiro atoms. The molecule has 0 aromatic heterocycles. The maximum absolute atomic E-state index is 5.72. The highest BCUT2D eigenvalue weighted by atomic mass is 16.5. The van der Waals surface area contributed by atoms with Gasteiger partial charge in [-0.25, -0.2) is 0 Å². The van der Waals surface area contributed by atoms with Crippen LogP contribution in [0.25, 0.3) is 0 Å². The lowest BCUT2D eigenvalue weighted by molar-refractivity contribution is -0.0865. The van der Waals surface area contributed by atoms with Gasteiger partial charge < -0.3 is 4.74 Å². The van der Waals surface area contributed by atoms with Crippen molar-refractivity contribution < 1.29 is 4.74 Å². The molecule has 1 radical (unpaired) electrons. The van der Waals surface area contributed by atoms with Gasteiger partial charge in [0.25, 0.3) is 0 Å². The average molecular weight is 168 g/mol. The monoisotopic (exact) mass is 168 g/mol. The molecule has 2 fully saturated rings. The first-order valence-corrected chi connectivity index (χ1v) is 5.14. The van der Waals surface area contributed by atoms with E-state index in [-0.39, 0.29) is 0 Å². The van der Waals surface area contributed by atoms with Crippen LogP contribution in [0.1, 0.15) is 32.1 Å². The summed E-state index contributed by atoms with van der Waals surface area (Å²) in [5, 5.41) is 0. The molecular formula is C10H18NO. The molecule has 0 amide bonds. The van der Waals surface area contributed by atoms with Gasteiger partial charge in [-0.2, -0.15) is 0 Å². The third kappa shape index (κ3) is 1.99. The number of piperidine rings is 1. The topological polar surface area (TPSA) is 12.5 Å². The third-order valence-electron chi connectivity index (χ3n) is 2.78. The second-order valence-corrected chi connectivity index (χ2v) is 3.75. The normalized spacial score (nSPS) is 33.5. The highest BCUT2D eigenvalue weighted by Crippen LogP contribution is 2.19. The van der Waals surface area contributed by atoms with Crippen LogP contribution in [0.5, 0.6) is 0 Å². The van der Waals surface area contributed by atoms with Gasteiger partial charge in [0.1, 0.15) is 6.23 Å². The van der Waals surface area contributed by atoms with Crippen molar-refractivity contribution in [2.24, 2.45) is 0 Å². The highest BCUT2D eigenvalue weighted by Gasteiger charge is 2.22. The fourth-order valence-electron chi connectivity index (χ4n) is 2.06. The minimum atomic E-state index is 0.440. The molecule has 0 aliphatic carbocycles. The molecule has 12 heavy (non-hydrogen) atoms. The molecule has 0 bridgehead atoms. The van der Waals surface area contributed by atoms with E-state index in [2.05, 4.69) is 11.3 Å². The van der Waals surface area contributed by atoms with E-state index < -0.39 is 0 Å². The Hall–Kier alpha value is -0.0800. The van der Waals surface area contributed by atoms with Crippen LogP contribution in [0.4, 0.5) is 0 Å². The van der Waals surface area contributed by atoms with Crippen molar-refractivity contribution in [2.45, 2.75) is 38.3 Å². The molecule has 2 rings (SSSR count). The van der Waals surface area contributed by atoms with E-state index in [1.807, 2.05) is 0 Å². The van der Waals surface area contributed by atoms with Gasteiger partial charge in [-0.1, -0.05) is 0 Å². The second-order valence-electron chi connectivity index (χ2n) is 3.75. The molecule has 69 valence electrons. The summed E-state index contributed by atoms with van der Waals surface area (Å²) in [7, 11) is 0. The Balaban J connectivity index is 1.80. The number of nitrogens with zero attached hydrogens (tertiary/aromatic N) is 1. The van der Waals surface area contributed by atoms with Crippen molar-refractivity contribution in [3.8, 4) is 0 Å². The summed E-state index contributed by atoms with van der Waals surface area (Å²) in [6.45, 7) is 3.35. The first kappa shape index (κ1) is 8.52. The lowest BCUT2D eigenvalue weighted by atomic mass is 10.1. The van der Waals surface area contributed by atoms with Gasteiger partial charge in [0, 0.05) is 19.7 Å². The minimum Gasteiger partial charge on any atom is -0.363 e. The third-order valence-corrected chi connectivity index (χ3v) is 2.78. The molecule has 0 saturated carbocycles. The number of rotatable bonds is 1. The standard InChI is InChI=1S/C10H18NO/c1-3-7-11(8-4-1)10-6-2-5-9-12-10/h3,10H,1-2,4-9H2. The Morgan fingerprint density at radius 1 is 1.25 bits per heavy atom. The summed E-state index contributed by atoms with van der Waals surface area (Å²) in [4.78, 5) is 2.47. The van der Waals surface area contributed by atoms with Crippen molar-refractivity contribution in [3.63, 3.8) is 0 Å². The summed E-state index contributed by atoms with van der Waals surface area (Å²) in [5.74, 6) is 0. The molecule has 0 aromatic rings. The quantitative estimate of drug-likeness (QED) is 0.592. The largest absolute Gasteiger partial charge is 0.363 e. The molecule has 2 aliphatic rings. The van der Waals surface area contributed by atoms with Crippen LogP contribution in [0.2, 0.25) is 0 Å². The van der Waals surface area contributed by atoms with Crippen LogP contribution in [-0.4, -0.2) is 30.8 Å². The van der Waals surface area contributed by atoms with Gasteiger partial charge in [0.15, 0.2) is 0 Å². The lowest BCUT2D eigenvalue weighted by Crippen LogP contribution is -2.42. The van der Waals surface area contributed by atoms with Crippen molar-refractivity contribution >= 4 is 0 Å². The van der Waals surface area contributed by atoms with E-state index in [9.17, 15) is 0 Å². The van der Waals surface area contributed by atoms with Crippen molar-refractivity contribution in [2.75, 3.05) is 19.7 Å². The maximum Gasteiger partial charge on any atom is 0.110 e. The second kappa shape index (κ2) is 4.24. The Bertz CT molecular complexity index is 110. The maximum atomic E-state index is 5.72. The van der Waals surface area contributed by atoms with E-state index >= 15 is 0 Å². The number of ether oxygens (including phenoxy) is 1. The van der Waals surface area contributed by atoms with E-state index in [1.165, 1.54) is 38.6 Å². The van der Waals surface area contributed by atoms with E-state index in [0.29, 0.717) is 6.23 Å². The first-order chi connectivity index (χ1) is 5.97. The Labute approximate surface area is 74.9 Å². The van der Waals surface area contributed by atoms with Crippen LogP contribution in [-0.2, 0) is 4.74 Å². The summed E-state index contributed by atoms with van der Waals surface area (Å²) in [6.07, 6.45) is 9.28. The fraction of sp³-hybridized carbons (Fsp3) is 0.900. The summed E-state index contributed by atoms with van der Waals surface area (Å²) in [5.41, 5.74) is 0. The highest BCUT2D eigenvalue weighted by molar-refractivity contribution is 4.80. The van der Waals surface area contributed by atoms with E-state index in [4.69, 9.17) is 4.74 Å². The van der Waals surface area contributed by atoms with Gasteiger partial charge in [-0.05, 0) is 38.5 Å². The number of hydrogen-bond acceptors (Lipinski definition) is 2. The Morgan fingerprint density at radius 2 is 2.25 bits per heavy atom. The van der Waals surface area contributed by atoms with Crippen LogP contribution >= 0.6 is 0 Å². The fourth-order valence-corrected chi connectivity index (χ4v) is 2.06. The molecule has 0 N–H and O–H groups in total. The molecular weight excluding hydrogens is 150 g/mol.